The summed E-state index contributed by atoms with van der Waals surface area (Å²) in [5.74, 6) is -0.368. The lowest BCUT2D eigenvalue weighted by atomic mass is 10.1. The van der Waals surface area contributed by atoms with E-state index in [1.807, 2.05) is 0 Å². The maximum atomic E-state index is 12.6. The molecular weight excluding hydrogens is 794 g/mol. The number of carbonyl (C=O) groups is 1. The minimum atomic E-state index is -4.31. The Morgan fingerprint density at radius 2 is 0.855 bits per heavy atom. The first-order valence-corrected chi connectivity index (χ1v) is 25.2. The molecule has 0 aromatic rings. The Bertz CT molecular complexity index is 1400. The number of phosphoric acid groups is 1. The average molecular weight is 880 g/mol. The summed E-state index contributed by atoms with van der Waals surface area (Å²) in [6, 6.07) is 0. The maximum Gasteiger partial charge on any atom is 0.472 e. The van der Waals surface area contributed by atoms with Gasteiger partial charge in [0, 0.05) is 19.6 Å². The van der Waals surface area contributed by atoms with Gasteiger partial charge in [-0.05, 0) is 103 Å². The minimum Gasteiger partial charge on any atom is -0.457 e. The average Bonchev–Trinajstić information content (AvgIpc) is 3.26. The second-order valence-electron chi connectivity index (χ2n) is 14.9. The van der Waals surface area contributed by atoms with E-state index in [-0.39, 0.29) is 38.8 Å². The minimum absolute atomic E-state index is 0.0615. The zero-order chi connectivity index (χ0) is 45.1. The SMILES string of the molecule is CC/C=C\C/C=C\C/C=C\C/C=C\C/C=C\C/C=C\CCCOCC(COP(=O)(O)OCCN)OC(=O)CCCCCCCCC/C=C\C/C=C\C/C=C\C/C=C\C/C=C\CC. The summed E-state index contributed by atoms with van der Waals surface area (Å²) in [6.45, 7) is 4.48. The largest absolute Gasteiger partial charge is 0.472 e. The molecular formula is C53H86NO7P. The molecule has 0 aromatic carbocycles. The number of nitrogens with two attached hydrogens (primary N) is 1. The van der Waals surface area contributed by atoms with Crippen LogP contribution in [0.3, 0.4) is 0 Å². The van der Waals surface area contributed by atoms with Gasteiger partial charge in [-0.2, -0.15) is 0 Å². The molecule has 0 fully saturated rings. The molecule has 3 N–H and O–H groups in total. The topological polar surface area (TPSA) is 117 Å². The first-order chi connectivity index (χ1) is 30.4. The Balaban J connectivity index is 4.16. The van der Waals surface area contributed by atoms with Gasteiger partial charge in [-0.25, -0.2) is 4.57 Å². The number of allylic oxidation sites excluding steroid dienone is 22. The number of carbonyl (C=O) groups excluding carboxylic acids is 1. The lowest BCUT2D eigenvalue weighted by Gasteiger charge is -2.20. The number of esters is 1. The molecule has 0 aromatic heterocycles. The van der Waals surface area contributed by atoms with Crippen molar-refractivity contribution >= 4 is 13.8 Å². The highest BCUT2D eigenvalue weighted by atomic mass is 31.2. The van der Waals surface area contributed by atoms with Crippen LogP contribution in [0.5, 0.6) is 0 Å². The Hall–Kier alpha value is -3.36. The van der Waals surface area contributed by atoms with Gasteiger partial charge in [0.2, 0.25) is 0 Å². The molecule has 0 spiro atoms. The van der Waals surface area contributed by atoms with E-state index in [1.165, 1.54) is 19.3 Å². The molecule has 2 atom stereocenters. The van der Waals surface area contributed by atoms with Gasteiger partial charge in [-0.15, -0.1) is 0 Å². The highest BCUT2D eigenvalue weighted by Gasteiger charge is 2.25. The van der Waals surface area contributed by atoms with Gasteiger partial charge in [0.25, 0.3) is 0 Å². The number of rotatable bonds is 43. The molecule has 0 radical (unpaired) electrons. The number of ether oxygens (including phenoxy) is 2. The number of hydrogen-bond acceptors (Lipinski definition) is 7. The van der Waals surface area contributed by atoms with E-state index in [0.717, 1.165) is 116 Å². The molecule has 0 bridgehead atoms. The lowest BCUT2D eigenvalue weighted by Crippen LogP contribution is -2.28. The smallest absolute Gasteiger partial charge is 0.457 e. The van der Waals surface area contributed by atoms with Gasteiger partial charge in [0.15, 0.2) is 0 Å². The molecule has 0 saturated heterocycles. The molecule has 0 aliphatic heterocycles. The van der Waals surface area contributed by atoms with Crippen molar-refractivity contribution < 1.29 is 32.8 Å². The molecule has 9 heteroatoms. The number of phosphoric ester groups is 1. The zero-order valence-electron chi connectivity index (χ0n) is 38.8. The van der Waals surface area contributed by atoms with Crippen LogP contribution in [-0.2, 0) is 27.9 Å². The van der Waals surface area contributed by atoms with Crippen molar-refractivity contribution in [1.29, 1.82) is 0 Å². The van der Waals surface area contributed by atoms with E-state index in [1.54, 1.807) is 0 Å². The molecule has 0 aliphatic carbocycles. The Morgan fingerprint density at radius 1 is 0.484 bits per heavy atom. The standard InChI is InChI=1S/C53H86NO7P/c1-3-5-7-9-11-13-15-17-19-21-23-25-26-27-28-30-32-34-36-38-40-42-44-46-53(55)61-52(51-60-62(56,57)59-49-47-54)50-58-48-45-43-41-39-37-35-33-31-29-24-22-20-18-16-14-12-10-8-6-4-2/h5-8,11-14,17-20,23-25,27-29,33,35,39,41,52H,3-4,9-10,15-16,21-22,26,30-32,34,36-38,40,42-51,54H2,1-2H3,(H,56,57)/b7-5-,8-6-,13-11-,14-12-,19-17-,20-18-,25-23-,28-27-,29-24-,35-33-,41-39-. The van der Waals surface area contributed by atoms with Crippen LogP contribution in [-0.4, -0.2) is 49.9 Å². The first-order valence-electron chi connectivity index (χ1n) is 23.7. The maximum absolute atomic E-state index is 12.6. The van der Waals surface area contributed by atoms with Crippen LogP contribution in [0.25, 0.3) is 0 Å². The van der Waals surface area contributed by atoms with E-state index in [4.69, 9.17) is 24.3 Å². The van der Waals surface area contributed by atoms with Gasteiger partial charge in [-0.3, -0.25) is 13.8 Å². The third-order valence-electron chi connectivity index (χ3n) is 9.06. The van der Waals surface area contributed by atoms with E-state index < -0.39 is 13.9 Å². The van der Waals surface area contributed by atoms with Gasteiger partial charge in [-0.1, -0.05) is 180 Å². The van der Waals surface area contributed by atoms with E-state index >= 15 is 0 Å². The second kappa shape index (κ2) is 48.7. The van der Waals surface area contributed by atoms with Gasteiger partial charge < -0.3 is 20.1 Å². The summed E-state index contributed by atoms with van der Waals surface area (Å²) in [5.41, 5.74) is 5.38. The van der Waals surface area contributed by atoms with Crippen LogP contribution in [0, 0.1) is 0 Å². The van der Waals surface area contributed by atoms with Crippen molar-refractivity contribution in [2.24, 2.45) is 5.73 Å². The second-order valence-corrected chi connectivity index (χ2v) is 16.3. The van der Waals surface area contributed by atoms with Crippen molar-refractivity contribution in [2.75, 3.05) is 33.0 Å². The fourth-order valence-corrected chi connectivity index (χ4v) is 6.45. The van der Waals surface area contributed by atoms with E-state index in [0.29, 0.717) is 6.61 Å². The highest BCUT2D eigenvalue weighted by molar-refractivity contribution is 7.47. The van der Waals surface area contributed by atoms with Crippen LogP contribution in [0.2, 0.25) is 0 Å². The monoisotopic (exact) mass is 880 g/mol. The Labute approximate surface area is 378 Å². The van der Waals surface area contributed by atoms with Gasteiger partial charge >= 0.3 is 13.8 Å². The van der Waals surface area contributed by atoms with E-state index in [9.17, 15) is 14.3 Å². The predicted octanol–water partition coefficient (Wildman–Crippen LogP) is 14.7. The summed E-state index contributed by atoms with van der Waals surface area (Å²) >= 11 is 0. The van der Waals surface area contributed by atoms with Crippen LogP contribution in [0.15, 0.2) is 134 Å². The Morgan fingerprint density at radius 3 is 1.27 bits per heavy atom. The molecule has 2 unspecified atom stereocenters. The summed E-state index contributed by atoms with van der Waals surface area (Å²) in [4.78, 5) is 22.6. The molecule has 62 heavy (non-hydrogen) atoms. The van der Waals surface area contributed by atoms with Gasteiger partial charge in [0.05, 0.1) is 19.8 Å². The number of unbranched alkanes of at least 4 members (excludes halogenated alkanes) is 8. The molecule has 8 nitrogen and oxygen atoms in total. The van der Waals surface area contributed by atoms with Crippen molar-refractivity contribution in [3.8, 4) is 0 Å². The third kappa shape index (κ3) is 47.7. The summed E-state index contributed by atoms with van der Waals surface area (Å²) in [6.07, 6.45) is 69.1. The predicted molar refractivity (Wildman–Crippen MR) is 265 cm³/mol. The fraction of sp³-hybridized carbons (Fsp3) is 0.566. The van der Waals surface area contributed by atoms with Crippen molar-refractivity contribution in [3.63, 3.8) is 0 Å². The number of hydrogen-bond donors (Lipinski definition) is 2. The van der Waals surface area contributed by atoms with Crippen molar-refractivity contribution in [3.05, 3.63) is 134 Å². The van der Waals surface area contributed by atoms with Crippen LogP contribution in [0.1, 0.15) is 155 Å². The van der Waals surface area contributed by atoms with E-state index in [2.05, 4.69) is 148 Å². The van der Waals surface area contributed by atoms with Crippen LogP contribution < -0.4 is 5.73 Å². The fourth-order valence-electron chi connectivity index (χ4n) is 5.69. The molecule has 0 amide bonds. The van der Waals surface area contributed by atoms with Crippen molar-refractivity contribution in [1.82, 2.24) is 0 Å². The molecule has 350 valence electrons. The normalized spacial score (nSPS) is 14.6. The quantitative estimate of drug-likeness (QED) is 0.0269. The first kappa shape index (κ1) is 58.6. The summed E-state index contributed by atoms with van der Waals surface area (Å²) in [5, 5.41) is 0. The third-order valence-corrected chi connectivity index (χ3v) is 10.0. The zero-order valence-corrected chi connectivity index (χ0v) is 39.7. The molecule has 0 saturated carbocycles. The summed E-state index contributed by atoms with van der Waals surface area (Å²) in [7, 11) is -4.31. The lowest BCUT2D eigenvalue weighted by molar-refractivity contribution is -0.154. The Kier molecular flexibility index (Phi) is 46.0. The molecule has 0 rings (SSSR count). The highest BCUT2D eigenvalue weighted by Crippen LogP contribution is 2.43. The molecule has 0 aliphatic rings. The summed E-state index contributed by atoms with van der Waals surface area (Å²) < 4.78 is 33.4. The molecule has 0 heterocycles. The van der Waals surface area contributed by atoms with Crippen molar-refractivity contribution in [2.45, 2.75) is 161 Å². The van der Waals surface area contributed by atoms with Crippen LogP contribution >= 0.6 is 7.82 Å². The van der Waals surface area contributed by atoms with Gasteiger partial charge in [0.1, 0.15) is 6.10 Å². The van der Waals surface area contributed by atoms with Crippen LogP contribution in [0.4, 0.5) is 0 Å².